The molecular formula is C23H31FN4O4. The van der Waals surface area contributed by atoms with E-state index in [4.69, 9.17) is 9.47 Å². The average molecular weight is 447 g/mol. The van der Waals surface area contributed by atoms with E-state index in [1.165, 1.54) is 6.33 Å². The van der Waals surface area contributed by atoms with E-state index in [2.05, 4.69) is 15.3 Å². The normalized spacial score (nSPS) is 17.2. The van der Waals surface area contributed by atoms with Crippen LogP contribution in [0.3, 0.4) is 0 Å². The molecule has 1 aliphatic heterocycles. The third kappa shape index (κ3) is 6.06. The lowest BCUT2D eigenvalue weighted by Gasteiger charge is -2.21. The zero-order chi connectivity index (χ0) is 23.3. The van der Waals surface area contributed by atoms with E-state index in [0.29, 0.717) is 31.8 Å². The van der Waals surface area contributed by atoms with E-state index in [1.807, 2.05) is 38.1 Å². The van der Waals surface area contributed by atoms with Crippen molar-refractivity contribution in [3.05, 3.63) is 42.0 Å². The second-order valence-corrected chi connectivity index (χ2v) is 8.58. The third-order valence-corrected chi connectivity index (χ3v) is 5.17. The van der Waals surface area contributed by atoms with Crippen molar-refractivity contribution in [3.8, 4) is 11.6 Å². The maximum atomic E-state index is 14.8. The Morgan fingerprint density at radius 2 is 2.06 bits per heavy atom. The van der Waals surface area contributed by atoms with Gasteiger partial charge in [-0.3, -0.25) is 4.79 Å². The summed E-state index contributed by atoms with van der Waals surface area (Å²) in [5.74, 6) is -0.228. The fraction of sp³-hybridized carbons (Fsp3) is 0.522. The van der Waals surface area contributed by atoms with Crippen LogP contribution < -0.4 is 19.7 Å². The monoisotopic (exact) mass is 446 g/mol. The Bertz CT molecular complexity index is 917. The lowest BCUT2D eigenvalue weighted by molar-refractivity contribution is -0.122. The number of aliphatic hydroxyl groups is 1. The molecule has 1 saturated heterocycles. The lowest BCUT2D eigenvalue weighted by atomic mass is 10.0. The Morgan fingerprint density at radius 3 is 2.72 bits per heavy atom. The summed E-state index contributed by atoms with van der Waals surface area (Å²) in [5, 5.41) is 12.6. The molecule has 2 N–H and O–H groups in total. The van der Waals surface area contributed by atoms with Crippen LogP contribution >= 0.6 is 0 Å². The van der Waals surface area contributed by atoms with Crippen LogP contribution in [0.4, 0.5) is 10.2 Å². The summed E-state index contributed by atoms with van der Waals surface area (Å²) in [7, 11) is 0. The van der Waals surface area contributed by atoms with Gasteiger partial charge in [-0.1, -0.05) is 12.1 Å². The molecule has 32 heavy (non-hydrogen) atoms. The van der Waals surface area contributed by atoms with Gasteiger partial charge < -0.3 is 24.8 Å². The van der Waals surface area contributed by atoms with Gasteiger partial charge in [0.1, 0.15) is 24.8 Å². The number of aromatic nitrogens is 2. The number of nitrogens with one attached hydrogen (secondary N) is 1. The molecule has 1 aromatic heterocycles. The molecule has 9 heteroatoms. The van der Waals surface area contributed by atoms with Gasteiger partial charge in [-0.25, -0.2) is 4.98 Å². The summed E-state index contributed by atoms with van der Waals surface area (Å²) >= 11 is 0. The summed E-state index contributed by atoms with van der Waals surface area (Å²) in [4.78, 5) is 21.7. The molecule has 3 rings (SSSR count). The highest BCUT2D eigenvalue weighted by atomic mass is 19.1. The maximum absolute atomic E-state index is 14.8. The van der Waals surface area contributed by atoms with Crippen molar-refractivity contribution < 1.29 is 23.8 Å². The first-order valence-corrected chi connectivity index (χ1v) is 10.8. The molecular weight excluding hydrogens is 415 g/mol. The number of amides is 1. The SMILES string of the molecule is CCNC(=O)C(C)c1ccc(O[C@@H]2CCN(c3ncnc(OCC(C)(C)O)c3F)C2)cc1. The number of carbonyl (C=O) groups is 1. The van der Waals surface area contributed by atoms with Crippen molar-refractivity contribution in [2.45, 2.75) is 51.7 Å². The molecule has 2 atom stereocenters. The predicted octanol–water partition coefficient (Wildman–Crippen LogP) is 2.66. The van der Waals surface area contributed by atoms with Gasteiger partial charge in [-0.15, -0.1) is 0 Å². The highest BCUT2D eigenvalue weighted by Gasteiger charge is 2.29. The van der Waals surface area contributed by atoms with Crippen LogP contribution in [-0.2, 0) is 4.79 Å². The fourth-order valence-corrected chi connectivity index (χ4v) is 3.43. The minimum atomic E-state index is -1.10. The summed E-state index contributed by atoms with van der Waals surface area (Å²) in [6, 6.07) is 7.47. The van der Waals surface area contributed by atoms with Gasteiger partial charge in [0.25, 0.3) is 5.88 Å². The van der Waals surface area contributed by atoms with Crippen molar-refractivity contribution in [2.24, 2.45) is 0 Å². The van der Waals surface area contributed by atoms with Crippen LogP contribution in [0.15, 0.2) is 30.6 Å². The molecule has 0 bridgehead atoms. The van der Waals surface area contributed by atoms with Gasteiger partial charge >= 0.3 is 0 Å². The summed E-state index contributed by atoms with van der Waals surface area (Å²) < 4.78 is 26.2. The van der Waals surface area contributed by atoms with Crippen LogP contribution in [0.25, 0.3) is 0 Å². The highest BCUT2D eigenvalue weighted by molar-refractivity contribution is 5.83. The number of ether oxygens (including phenoxy) is 2. The van der Waals surface area contributed by atoms with Gasteiger partial charge in [-0.05, 0) is 45.4 Å². The van der Waals surface area contributed by atoms with Gasteiger partial charge in [0.2, 0.25) is 11.7 Å². The molecule has 2 aromatic rings. The van der Waals surface area contributed by atoms with E-state index >= 15 is 0 Å². The molecule has 1 aromatic carbocycles. The number of nitrogens with zero attached hydrogens (tertiary/aromatic N) is 3. The number of anilines is 1. The molecule has 0 aliphatic carbocycles. The van der Waals surface area contributed by atoms with Crippen molar-refractivity contribution in [3.63, 3.8) is 0 Å². The quantitative estimate of drug-likeness (QED) is 0.611. The number of hydrogen-bond donors (Lipinski definition) is 2. The number of likely N-dealkylation sites (N-methyl/N-ethyl adjacent to an activating group) is 1. The Hall–Kier alpha value is -2.94. The maximum Gasteiger partial charge on any atom is 0.255 e. The zero-order valence-corrected chi connectivity index (χ0v) is 19.0. The second-order valence-electron chi connectivity index (χ2n) is 8.58. The van der Waals surface area contributed by atoms with Gasteiger partial charge in [0, 0.05) is 19.5 Å². The van der Waals surface area contributed by atoms with E-state index in [1.54, 1.807) is 18.7 Å². The van der Waals surface area contributed by atoms with E-state index < -0.39 is 11.4 Å². The number of benzene rings is 1. The largest absolute Gasteiger partial charge is 0.489 e. The summed E-state index contributed by atoms with van der Waals surface area (Å²) in [6.07, 6.45) is 1.83. The molecule has 1 fully saturated rings. The van der Waals surface area contributed by atoms with Crippen LogP contribution in [0.2, 0.25) is 0 Å². The van der Waals surface area contributed by atoms with Gasteiger partial charge in [0.05, 0.1) is 18.1 Å². The molecule has 1 aliphatic rings. The van der Waals surface area contributed by atoms with Crippen molar-refractivity contribution >= 4 is 11.7 Å². The van der Waals surface area contributed by atoms with Crippen LogP contribution in [0, 0.1) is 5.82 Å². The Labute approximate surface area is 187 Å². The molecule has 1 unspecified atom stereocenters. The van der Waals surface area contributed by atoms with Crippen molar-refractivity contribution in [2.75, 3.05) is 31.1 Å². The van der Waals surface area contributed by atoms with Gasteiger partial charge in [-0.2, -0.15) is 9.37 Å². The first-order chi connectivity index (χ1) is 15.2. The summed E-state index contributed by atoms with van der Waals surface area (Å²) in [5.41, 5.74) is -0.185. The second kappa shape index (κ2) is 10.1. The molecule has 0 radical (unpaired) electrons. The molecule has 8 nitrogen and oxygen atoms in total. The number of carbonyl (C=O) groups excluding carboxylic acids is 1. The molecule has 2 heterocycles. The van der Waals surface area contributed by atoms with Crippen LogP contribution in [-0.4, -0.2) is 58.9 Å². The Morgan fingerprint density at radius 1 is 1.34 bits per heavy atom. The molecule has 1 amide bonds. The van der Waals surface area contributed by atoms with Gasteiger partial charge in [0.15, 0.2) is 5.82 Å². The van der Waals surface area contributed by atoms with E-state index in [-0.39, 0.29) is 36.2 Å². The van der Waals surface area contributed by atoms with Crippen LogP contribution in [0.5, 0.6) is 11.6 Å². The predicted molar refractivity (Wildman–Crippen MR) is 119 cm³/mol. The smallest absolute Gasteiger partial charge is 0.255 e. The number of rotatable bonds is 9. The lowest BCUT2D eigenvalue weighted by Crippen LogP contribution is -2.29. The first-order valence-electron chi connectivity index (χ1n) is 10.8. The minimum Gasteiger partial charge on any atom is -0.489 e. The highest BCUT2D eigenvalue weighted by Crippen LogP contribution is 2.28. The van der Waals surface area contributed by atoms with Crippen LogP contribution in [0.1, 0.15) is 45.6 Å². The minimum absolute atomic E-state index is 0.00891. The topological polar surface area (TPSA) is 96.8 Å². The van der Waals surface area contributed by atoms with Crippen molar-refractivity contribution in [1.29, 1.82) is 0 Å². The number of hydrogen-bond acceptors (Lipinski definition) is 7. The third-order valence-electron chi connectivity index (χ3n) is 5.17. The van der Waals surface area contributed by atoms with Crippen molar-refractivity contribution in [1.82, 2.24) is 15.3 Å². The average Bonchev–Trinajstić information content (AvgIpc) is 3.21. The van der Waals surface area contributed by atoms with E-state index in [0.717, 1.165) is 5.56 Å². The molecule has 0 saturated carbocycles. The Balaban J connectivity index is 1.60. The zero-order valence-electron chi connectivity index (χ0n) is 19.0. The fourth-order valence-electron chi connectivity index (χ4n) is 3.43. The van der Waals surface area contributed by atoms with E-state index in [9.17, 15) is 14.3 Å². The molecule has 174 valence electrons. The first kappa shape index (κ1) is 23.7. The molecule has 0 spiro atoms. The Kier molecular flexibility index (Phi) is 7.50. The number of halogens is 1. The standard InChI is InChI=1S/C23H31FN4O4/c1-5-25-21(29)15(2)16-6-8-17(9-7-16)32-18-10-11-28(12-18)20-19(24)22(27-14-26-20)31-13-23(3,4)30/h6-9,14-15,18,30H,5,10-13H2,1-4H3,(H,25,29)/t15?,18-/m1/s1. The summed E-state index contributed by atoms with van der Waals surface area (Å²) in [6.45, 7) is 8.47.